The molecule has 1 atom stereocenters. The van der Waals surface area contributed by atoms with Crippen LogP contribution < -0.4 is 4.74 Å². The van der Waals surface area contributed by atoms with Gasteiger partial charge in [0.15, 0.2) is 0 Å². The van der Waals surface area contributed by atoms with Gasteiger partial charge >= 0.3 is 0 Å². The van der Waals surface area contributed by atoms with Crippen molar-refractivity contribution in [3.05, 3.63) is 66.0 Å². The fraction of sp³-hybridized carbons (Fsp3) is 0.375. The van der Waals surface area contributed by atoms with Gasteiger partial charge < -0.3 is 9.84 Å². The van der Waals surface area contributed by atoms with Gasteiger partial charge in [0.1, 0.15) is 17.3 Å². The molecule has 1 unspecified atom stereocenters. The zero-order valence-electron chi connectivity index (χ0n) is 17.5. The van der Waals surface area contributed by atoms with Crippen molar-refractivity contribution in [3.63, 3.8) is 0 Å². The quantitative estimate of drug-likeness (QED) is 0.561. The van der Waals surface area contributed by atoms with E-state index in [2.05, 4.69) is 4.90 Å². The lowest BCUT2D eigenvalue weighted by molar-refractivity contribution is 0.119. The second-order valence-electron chi connectivity index (χ2n) is 8.16. The predicted octanol–water partition coefficient (Wildman–Crippen LogP) is 4.61. The third kappa shape index (κ3) is 5.07. The van der Waals surface area contributed by atoms with Crippen molar-refractivity contribution < 1.29 is 14.2 Å². The molecule has 1 aliphatic rings. The Kier molecular flexibility index (Phi) is 6.16. The molecule has 0 amide bonds. The average molecular weight is 410 g/mol. The Hall–Kier alpha value is -2.70. The summed E-state index contributed by atoms with van der Waals surface area (Å²) in [6.45, 7) is 3.98. The SMILES string of the molecule is CC(O)CN(Cc1c(-c2ccccc2)nn(C)c1Oc1ccc(F)cc1)CC1CC1. The highest BCUT2D eigenvalue weighted by atomic mass is 19.1. The van der Waals surface area contributed by atoms with Crippen LogP contribution in [-0.2, 0) is 13.6 Å². The van der Waals surface area contributed by atoms with Crippen LogP contribution in [0.3, 0.4) is 0 Å². The van der Waals surface area contributed by atoms with Crippen molar-refractivity contribution in [1.82, 2.24) is 14.7 Å². The van der Waals surface area contributed by atoms with Crippen molar-refractivity contribution in [2.45, 2.75) is 32.4 Å². The van der Waals surface area contributed by atoms with Crippen LogP contribution in [0.5, 0.6) is 11.6 Å². The van der Waals surface area contributed by atoms with E-state index in [1.807, 2.05) is 44.3 Å². The molecule has 2 aromatic carbocycles. The van der Waals surface area contributed by atoms with E-state index in [-0.39, 0.29) is 5.82 Å². The van der Waals surface area contributed by atoms with Crippen molar-refractivity contribution >= 4 is 0 Å². The molecule has 0 saturated heterocycles. The summed E-state index contributed by atoms with van der Waals surface area (Å²) in [5.41, 5.74) is 2.84. The van der Waals surface area contributed by atoms with Crippen molar-refractivity contribution in [2.75, 3.05) is 13.1 Å². The largest absolute Gasteiger partial charge is 0.439 e. The summed E-state index contributed by atoms with van der Waals surface area (Å²) in [6, 6.07) is 16.0. The molecule has 1 aromatic heterocycles. The number of aromatic nitrogens is 2. The summed E-state index contributed by atoms with van der Waals surface area (Å²) in [5.74, 6) is 1.59. The second kappa shape index (κ2) is 8.98. The van der Waals surface area contributed by atoms with Gasteiger partial charge in [-0.05, 0) is 49.9 Å². The smallest absolute Gasteiger partial charge is 0.222 e. The van der Waals surface area contributed by atoms with Crippen LogP contribution in [0.2, 0.25) is 0 Å². The van der Waals surface area contributed by atoms with Gasteiger partial charge in [-0.15, -0.1) is 0 Å². The Balaban J connectivity index is 1.71. The van der Waals surface area contributed by atoms with Gasteiger partial charge in [-0.1, -0.05) is 30.3 Å². The van der Waals surface area contributed by atoms with Gasteiger partial charge in [-0.25, -0.2) is 9.07 Å². The lowest BCUT2D eigenvalue weighted by Gasteiger charge is -2.24. The van der Waals surface area contributed by atoms with Crippen LogP contribution >= 0.6 is 0 Å². The van der Waals surface area contributed by atoms with Gasteiger partial charge in [-0.2, -0.15) is 5.10 Å². The fourth-order valence-electron chi connectivity index (χ4n) is 3.73. The van der Waals surface area contributed by atoms with Crippen molar-refractivity contribution in [1.29, 1.82) is 0 Å². The highest BCUT2D eigenvalue weighted by Gasteiger charge is 2.28. The minimum atomic E-state index is -0.415. The minimum Gasteiger partial charge on any atom is -0.439 e. The maximum atomic E-state index is 13.3. The number of aliphatic hydroxyl groups excluding tert-OH is 1. The first kappa shape index (κ1) is 20.6. The summed E-state index contributed by atoms with van der Waals surface area (Å²) < 4.78 is 21.2. The maximum absolute atomic E-state index is 13.3. The number of hydrogen-bond acceptors (Lipinski definition) is 4. The number of hydrogen-bond donors (Lipinski definition) is 1. The normalized spacial score (nSPS) is 14.8. The molecule has 3 aromatic rings. The van der Waals surface area contributed by atoms with E-state index in [1.165, 1.54) is 25.0 Å². The van der Waals surface area contributed by atoms with Gasteiger partial charge in [-0.3, -0.25) is 4.90 Å². The van der Waals surface area contributed by atoms with E-state index < -0.39 is 6.10 Å². The van der Waals surface area contributed by atoms with E-state index in [9.17, 15) is 9.50 Å². The van der Waals surface area contributed by atoms with Gasteiger partial charge in [0.25, 0.3) is 0 Å². The Morgan fingerprint density at radius 2 is 1.87 bits per heavy atom. The van der Waals surface area contributed by atoms with Crippen LogP contribution in [0.25, 0.3) is 11.3 Å². The number of ether oxygens (including phenoxy) is 1. The highest BCUT2D eigenvalue weighted by Crippen LogP contribution is 2.36. The lowest BCUT2D eigenvalue weighted by Crippen LogP contribution is -2.32. The molecule has 1 aliphatic carbocycles. The monoisotopic (exact) mass is 409 g/mol. The summed E-state index contributed by atoms with van der Waals surface area (Å²) in [5, 5.41) is 14.8. The van der Waals surface area contributed by atoms with E-state index in [4.69, 9.17) is 9.84 Å². The Labute approximate surface area is 176 Å². The number of aliphatic hydroxyl groups is 1. The third-order valence-corrected chi connectivity index (χ3v) is 5.28. The predicted molar refractivity (Wildman–Crippen MR) is 115 cm³/mol. The molecule has 1 fully saturated rings. The molecule has 1 saturated carbocycles. The van der Waals surface area contributed by atoms with E-state index in [0.29, 0.717) is 30.6 Å². The Bertz CT molecular complexity index is 962. The molecular formula is C24H28FN3O2. The molecular weight excluding hydrogens is 381 g/mol. The molecule has 0 bridgehead atoms. The molecule has 0 aliphatic heterocycles. The molecule has 6 heteroatoms. The highest BCUT2D eigenvalue weighted by molar-refractivity contribution is 5.65. The molecule has 1 heterocycles. The molecule has 0 spiro atoms. The van der Waals surface area contributed by atoms with Gasteiger partial charge in [0.05, 0.1) is 11.7 Å². The summed E-state index contributed by atoms with van der Waals surface area (Å²) in [6.07, 6.45) is 2.07. The lowest BCUT2D eigenvalue weighted by atomic mass is 10.1. The van der Waals surface area contributed by atoms with Crippen molar-refractivity contribution in [2.24, 2.45) is 13.0 Å². The first-order valence-corrected chi connectivity index (χ1v) is 10.4. The summed E-state index contributed by atoms with van der Waals surface area (Å²) in [7, 11) is 1.86. The number of aryl methyl sites for hydroxylation is 1. The molecule has 4 rings (SSSR count). The van der Waals surface area contributed by atoms with Crippen LogP contribution in [0, 0.1) is 11.7 Å². The van der Waals surface area contributed by atoms with Crippen LogP contribution in [0.1, 0.15) is 25.3 Å². The zero-order valence-corrected chi connectivity index (χ0v) is 17.5. The maximum Gasteiger partial charge on any atom is 0.222 e. The van der Waals surface area contributed by atoms with E-state index >= 15 is 0 Å². The average Bonchev–Trinajstić information content (AvgIpc) is 3.49. The number of rotatable bonds is 9. The molecule has 0 radical (unpaired) electrons. The number of benzene rings is 2. The van der Waals surface area contributed by atoms with Crippen LogP contribution in [0.4, 0.5) is 4.39 Å². The van der Waals surface area contributed by atoms with Crippen LogP contribution in [0.15, 0.2) is 54.6 Å². The van der Waals surface area contributed by atoms with E-state index in [1.54, 1.807) is 16.8 Å². The molecule has 1 N–H and O–H groups in total. The number of nitrogens with zero attached hydrogens (tertiary/aromatic N) is 3. The first-order chi connectivity index (χ1) is 14.5. The van der Waals surface area contributed by atoms with Crippen LogP contribution in [-0.4, -0.2) is 39.0 Å². The Morgan fingerprint density at radius 3 is 2.50 bits per heavy atom. The summed E-state index contributed by atoms with van der Waals surface area (Å²) >= 11 is 0. The zero-order chi connectivity index (χ0) is 21.1. The third-order valence-electron chi connectivity index (χ3n) is 5.28. The molecule has 158 valence electrons. The Morgan fingerprint density at radius 1 is 1.17 bits per heavy atom. The molecule has 5 nitrogen and oxygen atoms in total. The summed E-state index contributed by atoms with van der Waals surface area (Å²) in [4.78, 5) is 2.28. The second-order valence-corrected chi connectivity index (χ2v) is 8.16. The number of halogens is 1. The topological polar surface area (TPSA) is 50.5 Å². The fourth-order valence-corrected chi connectivity index (χ4v) is 3.73. The standard InChI is InChI=1S/C24H28FN3O2/c1-17(29)14-28(15-18-8-9-18)16-22-23(19-6-4-3-5-7-19)26-27(2)24(22)30-21-12-10-20(25)11-13-21/h3-7,10-13,17-18,29H,8-9,14-16H2,1-2H3. The minimum absolute atomic E-state index is 0.301. The van der Waals surface area contributed by atoms with Crippen molar-refractivity contribution in [3.8, 4) is 22.9 Å². The van der Waals surface area contributed by atoms with Gasteiger partial charge in [0.2, 0.25) is 5.88 Å². The van der Waals surface area contributed by atoms with Gasteiger partial charge in [0, 0.05) is 32.2 Å². The first-order valence-electron chi connectivity index (χ1n) is 10.4. The molecule has 30 heavy (non-hydrogen) atoms. The van der Waals surface area contributed by atoms with E-state index in [0.717, 1.165) is 23.4 Å².